The molecule has 0 saturated heterocycles. The number of aromatic amines is 1. The Kier molecular flexibility index (Phi) is 4.68. The maximum atomic E-state index is 12.8. The molecular weight excluding hydrogens is 358 g/mol. The van der Waals surface area contributed by atoms with Crippen molar-refractivity contribution < 1.29 is 4.42 Å². The lowest BCUT2D eigenvalue weighted by Crippen LogP contribution is -2.25. The first-order valence-electron chi connectivity index (χ1n) is 8.84. The highest BCUT2D eigenvalue weighted by Gasteiger charge is 2.19. The largest absolute Gasteiger partial charge is 0.464 e. The van der Waals surface area contributed by atoms with E-state index in [2.05, 4.69) is 48.0 Å². The molecule has 0 aliphatic heterocycles. The summed E-state index contributed by atoms with van der Waals surface area (Å²) in [5, 5.41) is 2.52. The van der Waals surface area contributed by atoms with Crippen LogP contribution < -0.4 is 5.56 Å². The van der Waals surface area contributed by atoms with Crippen LogP contribution in [-0.2, 0) is 6.54 Å². The third kappa shape index (κ3) is 3.46. The number of thiophene rings is 1. The van der Waals surface area contributed by atoms with Crippen LogP contribution in [0.2, 0.25) is 0 Å². The van der Waals surface area contributed by atoms with Crippen molar-refractivity contribution in [2.24, 2.45) is 0 Å². The highest BCUT2D eigenvalue weighted by molar-refractivity contribution is 7.17. The zero-order valence-electron chi connectivity index (χ0n) is 15.5. The number of H-pyrrole nitrogens is 1. The number of aryl methyl sites for hydroxylation is 1. The van der Waals surface area contributed by atoms with E-state index in [1.165, 1.54) is 22.5 Å². The average molecular weight is 379 g/mol. The number of rotatable bonds is 5. The van der Waals surface area contributed by atoms with Crippen molar-refractivity contribution in [2.45, 2.75) is 26.4 Å². The van der Waals surface area contributed by atoms with Crippen LogP contribution in [0.5, 0.6) is 0 Å². The Bertz CT molecular complexity index is 1110. The first-order valence-corrected chi connectivity index (χ1v) is 9.72. The molecule has 0 spiro atoms. The summed E-state index contributed by atoms with van der Waals surface area (Å²) < 4.78 is 5.45. The van der Waals surface area contributed by atoms with Crippen LogP contribution in [0.1, 0.15) is 29.9 Å². The Morgan fingerprint density at radius 3 is 2.74 bits per heavy atom. The Hall–Kier alpha value is -2.70. The van der Waals surface area contributed by atoms with Crippen LogP contribution in [0.25, 0.3) is 21.5 Å². The number of aromatic nitrogens is 2. The van der Waals surface area contributed by atoms with E-state index in [9.17, 15) is 4.79 Å². The summed E-state index contributed by atoms with van der Waals surface area (Å²) >= 11 is 1.47. The molecule has 0 amide bonds. The highest BCUT2D eigenvalue weighted by atomic mass is 32.1. The molecule has 1 N–H and O–H groups in total. The number of hydrogen-bond donors (Lipinski definition) is 1. The molecule has 0 unspecified atom stereocenters. The van der Waals surface area contributed by atoms with Crippen LogP contribution >= 0.6 is 11.3 Å². The number of nitrogens with zero attached hydrogens (tertiary/aromatic N) is 2. The smallest absolute Gasteiger partial charge is 0.260 e. The van der Waals surface area contributed by atoms with E-state index < -0.39 is 0 Å². The van der Waals surface area contributed by atoms with E-state index in [4.69, 9.17) is 9.40 Å². The van der Waals surface area contributed by atoms with Gasteiger partial charge >= 0.3 is 0 Å². The molecule has 1 atom stereocenters. The van der Waals surface area contributed by atoms with E-state index in [0.29, 0.717) is 17.0 Å². The first-order chi connectivity index (χ1) is 13.0. The molecule has 0 aliphatic carbocycles. The molecule has 1 aromatic carbocycles. The van der Waals surface area contributed by atoms with Gasteiger partial charge in [-0.15, -0.1) is 11.3 Å². The normalized spacial score (nSPS) is 12.7. The van der Waals surface area contributed by atoms with Crippen LogP contribution in [0.4, 0.5) is 0 Å². The van der Waals surface area contributed by atoms with Gasteiger partial charge in [-0.1, -0.05) is 29.8 Å². The van der Waals surface area contributed by atoms with Crippen LogP contribution in [0.15, 0.2) is 57.3 Å². The number of fused-ring (bicyclic) bond motifs is 1. The first kappa shape index (κ1) is 17.7. The van der Waals surface area contributed by atoms with Gasteiger partial charge in [0, 0.05) is 17.5 Å². The fourth-order valence-corrected chi connectivity index (χ4v) is 4.04. The maximum Gasteiger partial charge on any atom is 0.260 e. The van der Waals surface area contributed by atoms with Crippen molar-refractivity contribution in [3.05, 3.63) is 75.3 Å². The van der Waals surface area contributed by atoms with Crippen molar-refractivity contribution in [3.63, 3.8) is 0 Å². The van der Waals surface area contributed by atoms with Gasteiger partial charge in [0.1, 0.15) is 16.4 Å². The fourth-order valence-electron chi connectivity index (χ4n) is 3.10. The molecule has 27 heavy (non-hydrogen) atoms. The van der Waals surface area contributed by atoms with Crippen molar-refractivity contribution >= 4 is 21.6 Å². The summed E-state index contributed by atoms with van der Waals surface area (Å²) in [4.78, 5) is 23.4. The maximum absolute atomic E-state index is 12.8. The number of hydrogen-bond acceptors (Lipinski definition) is 5. The van der Waals surface area contributed by atoms with Gasteiger partial charge in [0.05, 0.1) is 17.7 Å². The van der Waals surface area contributed by atoms with Crippen molar-refractivity contribution in [1.82, 2.24) is 14.9 Å². The summed E-state index contributed by atoms with van der Waals surface area (Å²) in [6, 6.07) is 12.1. The van der Waals surface area contributed by atoms with Gasteiger partial charge < -0.3 is 9.40 Å². The molecule has 138 valence electrons. The van der Waals surface area contributed by atoms with Crippen LogP contribution in [-0.4, -0.2) is 21.9 Å². The number of benzene rings is 1. The Morgan fingerprint density at radius 2 is 2.04 bits per heavy atom. The van der Waals surface area contributed by atoms with E-state index in [-0.39, 0.29) is 11.6 Å². The monoisotopic (exact) mass is 379 g/mol. The summed E-state index contributed by atoms with van der Waals surface area (Å²) in [5.74, 6) is 1.36. The van der Waals surface area contributed by atoms with Crippen molar-refractivity contribution in [1.29, 1.82) is 0 Å². The Morgan fingerprint density at radius 1 is 1.26 bits per heavy atom. The quantitative estimate of drug-likeness (QED) is 0.544. The summed E-state index contributed by atoms with van der Waals surface area (Å²) in [6.07, 6.45) is 1.61. The molecular formula is C21H21N3O2S. The van der Waals surface area contributed by atoms with Crippen molar-refractivity contribution in [3.8, 4) is 11.3 Å². The molecule has 0 bridgehead atoms. The fraction of sp³-hybridized carbons (Fsp3) is 0.238. The number of furan rings is 1. The van der Waals surface area contributed by atoms with Crippen LogP contribution in [0, 0.1) is 6.92 Å². The number of nitrogens with one attached hydrogen (secondary N) is 1. The molecule has 0 aliphatic rings. The molecule has 3 aromatic heterocycles. The molecule has 6 heteroatoms. The minimum atomic E-state index is -0.127. The van der Waals surface area contributed by atoms with Gasteiger partial charge in [0.2, 0.25) is 0 Å². The van der Waals surface area contributed by atoms with Gasteiger partial charge in [-0.25, -0.2) is 4.98 Å². The van der Waals surface area contributed by atoms with Gasteiger partial charge in [-0.3, -0.25) is 9.69 Å². The standard InChI is InChI=1S/C21H21N3O2S/c1-13-6-8-15(9-7-13)11-24(3)14(2)19-22-20(25)18-16(12-27-21(18)23-19)17-5-4-10-26-17/h4-10,12,14H,11H2,1-3H3,(H,22,23,25)/t14-/m1/s1. The van der Waals surface area contributed by atoms with Gasteiger partial charge in [0.15, 0.2) is 0 Å². The molecule has 0 radical (unpaired) electrons. The molecule has 0 saturated carbocycles. The predicted octanol–water partition coefficient (Wildman–Crippen LogP) is 4.75. The van der Waals surface area contributed by atoms with E-state index in [0.717, 1.165) is 16.9 Å². The topological polar surface area (TPSA) is 62.1 Å². The summed E-state index contributed by atoms with van der Waals surface area (Å²) in [6.45, 7) is 4.92. The van der Waals surface area contributed by atoms with Gasteiger partial charge in [-0.05, 0) is 38.6 Å². The lowest BCUT2D eigenvalue weighted by atomic mass is 10.1. The third-order valence-electron chi connectivity index (χ3n) is 4.86. The summed E-state index contributed by atoms with van der Waals surface area (Å²) in [7, 11) is 2.04. The Balaban J connectivity index is 1.63. The Labute approximate surface area is 161 Å². The average Bonchev–Trinajstić information content (AvgIpc) is 3.32. The summed E-state index contributed by atoms with van der Waals surface area (Å²) in [5.41, 5.74) is 3.14. The molecule has 0 fully saturated rings. The predicted molar refractivity (Wildman–Crippen MR) is 109 cm³/mol. The van der Waals surface area contributed by atoms with Gasteiger partial charge in [0.25, 0.3) is 5.56 Å². The molecule has 3 heterocycles. The zero-order chi connectivity index (χ0) is 19.0. The third-order valence-corrected chi connectivity index (χ3v) is 5.73. The molecule has 4 rings (SSSR count). The van der Waals surface area contributed by atoms with E-state index >= 15 is 0 Å². The molecule has 5 nitrogen and oxygen atoms in total. The van der Waals surface area contributed by atoms with E-state index in [1.807, 2.05) is 24.6 Å². The minimum absolute atomic E-state index is 0.0161. The SMILES string of the molecule is Cc1ccc(CN(C)[C@H](C)c2nc3scc(-c4ccco4)c3c(=O)[nH]2)cc1. The second-order valence-electron chi connectivity index (χ2n) is 6.83. The second-order valence-corrected chi connectivity index (χ2v) is 7.69. The second kappa shape index (κ2) is 7.13. The zero-order valence-corrected chi connectivity index (χ0v) is 16.3. The lowest BCUT2D eigenvalue weighted by molar-refractivity contribution is 0.244. The van der Waals surface area contributed by atoms with Crippen molar-refractivity contribution in [2.75, 3.05) is 7.05 Å². The van der Waals surface area contributed by atoms with Gasteiger partial charge in [-0.2, -0.15) is 0 Å². The van der Waals surface area contributed by atoms with E-state index in [1.54, 1.807) is 6.26 Å². The molecule has 4 aromatic rings. The lowest BCUT2D eigenvalue weighted by Gasteiger charge is -2.24. The highest BCUT2D eigenvalue weighted by Crippen LogP contribution is 2.31. The minimum Gasteiger partial charge on any atom is -0.464 e. The van der Waals surface area contributed by atoms with Crippen LogP contribution in [0.3, 0.4) is 0 Å².